The van der Waals surface area contributed by atoms with Crippen LogP contribution in [0.25, 0.3) is 33.9 Å². The Bertz CT molecular complexity index is 1550. The maximum atomic E-state index is 14.1. The number of aryl methyl sites for hydroxylation is 2. The maximum absolute atomic E-state index is 14.1. The summed E-state index contributed by atoms with van der Waals surface area (Å²) in [5.74, 6) is -1.95. The van der Waals surface area contributed by atoms with Crippen LogP contribution in [0.15, 0.2) is 67.0 Å². The van der Waals surface area contributed by atoms with Gasteiger partial charge in [-0.05, 0) is 54.3 Å². The smallest absolute Gasteiger partial charge is 0.266 e. The van der Waals surface area contributed by atoms with Crippen molar-refractivity contribution in [3.05, 3.63) is 101 Å². The summed E-state index contributed by atoms with van der Waals surface area (Å²) in [5.41, 5.74) is 2.86. The van der Waals surface area contributed by atoms with Crippen LogP contribution in [0.1, 0.15) is 22.3 Å². The second-order valence-electron chi connectivity index (χ2n) is 8.59. The molecule has 0 atom stereocenters. The average molecular weight is 494 g/mol. The van der Waals surface area contributed by atoms with Gasteiger partial charge in [0.2, 0.25) is 0 Å². The van der Waals surface area contributed by atoms with Crippen LogP contribution in [-0.4, -0.2) is 19.7 Å². The molecule has 4 nitrogen and oxygen atoms in total. The Morgan fingerprint density at radius 2 is 1.58 bits per heavy atom. The van der Waals surface area contributed by atoms with Crippen LogP contribution in [0.2, 0.25) is 0 Å². The Kier molecular flexibility index (Phi) is 5.78. The molecule has 5 rings (SSSR count). The number of imidazole rings is 1. The molecule has 3 aromatic carbocycles. The number of nitrogens with zero attached hydrogens (tertiary/aromatic N) is 4. The average Bonchev–Trinajstić information content (AvgIpc) is 3.24. The molecule has 0 radical (unpaired) electrons. The summed E-state index contributed by atoms with van der Waals surface area (Å²) >= 11 is 0. The number of alkyl halides is 3. The van der Waals surface area contributed by atoms with Crippen LogP contribution < -0.4 is 0 Å². The minimum Gasteiger partial charge on any atom is -0.266 e. The first kappa shape index (κ1) is 23.6. The Hall–Kier alpha value is -4.14. The standard InChI is InChI=1S/C27H19F5N4/c1-15-6-8-19(21(10-15)27(30,31)32)18-9-7-17(11-16(18)2)13-36-14-24-23(12-33-36)34-26(35-24)20-4-3-5-22(28)25(20)29/h3-12,14H,13H2,1-2H3. The summed E-state index contributed by atoms with van der Waals surface area (Å²) in [4.78, 5) is 8.55. The zero-order valence-electron chi connectivity index (χ0n) is 19.2. The molecular formula is C27H19F5N4. The van der Waals surface area contributed by atoms with Gasteiger partial charge in [0.25, 0.3) is 0 Å². The summed E-state index contributed by atoms with van der Waals surface area (Å²) in [6.07, 6.45) is -1.35. The van der Waals surface area contributed by atoms with Gasteiger partial charge in [0.15, 0.2) is 17.5 Å². The van der Waals surface area contributed by atoms with Crippen LogP contribution >= 0.6 is 0 Å². The SMILES string of the molecule is Cc1ccc(-c2ccc(Cn3cc4nc(-c5cccc(F)c5F)nc-4cn3)cc2C)c(C(F)(F)F)c1. The number of hydrogen-bond acceptors (Lipinski definition) is 3. The Morgan fingerprint density at radius 1 is 0.833 bits per heavy atom. The van der Waals surface area contributed by atoms with E-state index >= 15 is 0 Å². The van der Waals surface area contributed by atoms with Gasteiger partial charge >= 0.3 is 6.18 Å². The third kappa shape index (κ3) is 4.44. The Morgan fingerprint density at radius 3 is 2.33 bits per heavy atom. The fraction of sp³-hybridized carbons (Fsp3) is 0.148. The third-order valence-corrected chi connectivity index (χ3v) is 5.91. The molecule has 2 heterocycles. The maximum Gasteiger partial charge on any atom is 0.417 e. The highest BCUT2D eigenvalue weighted by atomic mass is 19.4. The normalized spacial score (nSPS) is 11.9. The minimum absolute atomic E-state index is 0.0432. The van der Waals surface area contributed by atoms with Gasteiger partial charge in [0, 0.05) is 0 Å². The first-order chi connectivity index (χ1) is 17.1. The van der Waals surface area contributed by atoms with Gasteiger partial charge in [-0.15, -0.1) is 0 Å². The van der Waals surface area contributed by atoms with Crippen molar-refractivity contribution in [1.29, 1.82) is 0 Å². The second kappa shape index (κ2) is 8.82. The Labute approximate surface area is 203 Å². The molecule has 182 valence electrons. The van der Waals surface area contributed by atoms with E-state index in [-0.39, 0.29) is 17.0 Å². The topological polar surface area (TPSA) is 43.6 Å². The molecular weight excluding hydrogens is 475 g/mol. The van der Waals surface area contributed by atoms with Gasteiger partial charge in [-0.25, -0.2) is 18.7 Å². The van der Waals surface area contributed by atoms with Gasteiger partial charge in [-0.2, -0.15) is 18.3 Å². The molecule has 0 saturated carbocycles. The third-order valence-electron chi connectivity index (χ3n) is 5.91. The van der Waals surface area contributed by atoms with E-state index in [0.29, 0.717) is 34.6 Å². The first-order valence-corrected chi connectivity index (χ1v) is 11.0. The van der Waals surface area contributed by atoms with E-state index in [4.69, 9.17) is 0 Å². The van der Waals surface area contributed by atoms with E-state index in [0.717, 1.165) is 17.7 Å². The van der Waals surface area contributed by atoms with Crippen molar-refractivity contribution in [3.63, 3.8) is 0 Å². The van der Waals surface area contributed by atoms with Crippen LogP contribution in [0.3, 0.4) is 0 Å². The minimum atomic E-state index is -4.46. The van der Waals surface area contributed by atoms with Crippen LogP contribution in [-0.2, 0) is 12.7 Å². The van der Waals surface area contributed by atoms with E-state index in [1.165, 1.54) is 24.4 Å². The Balaban J connectivity index is 1.44. The van der Waals surface area contributed by atoms with Crippen LogP contribution in [0.4, 0.5) is 22.0 Å². The number of fused-ring (bicyclic) bond motifs is 1. The van der Waals surface area contributed by atoms with Crippen molar-refractivity contribution in [1.82, 2.24) is 19.7 Å². The molecule has 0 unspecified atom stereocenters. The van der Waals surface area contributed by atoms with E-state index in [2.05, 4.69) is 15.1 Å². The first-order valence-electron chi connectivity index (χ1n) is 11.0. The molecule has 0 fully saturated rings. The second-order valence-corrected chi connectivity index (χ2v) is 8.59. The molecule has 0 amide bonds. The van der Waals surface area contributed by atoms with Gasteiger partial charge in [0.05, 0.1) is 30.1 Å². The van der Waals surface area contributed by atoms with Gasteiger partial charge in [0.1, 0.15) is 11.4 Å². The van der Waals surface area contributed by atoms with E-state index in [9.17, 15) is 22.0 Å². The molecule has 0 aromatic heterocycles. The van der Waals surface area contributed by atoms with Crippen molar-refractivity contribution in [2.75, 3.05) is 0 Å². The quantitative estimate of drug-likeness (QED) is 0.251. The fourth-order valence-corrected chi connectivity index (χ4v) is 4.19. The monoisotopic (exact) mass is 494 g/mol. The van der Waals surface area contributed by atoms with Crippen molar-refractivity contribution in [3.8, 4) is 33.9 Å². The molecule has 3 aromatic rings. The molecule has 2 aliphatic rings. The van der Waals surface area contributed by atoms with Crippen molar-refractivity contribution in [2.45, 2.75) is 26.6 Å². The summed E-state index contributed by atoms with van der Waals surface area (Å²) < 4.78 is 70.2. The van der Waals surface area contributed by atoms with Crippen LogP contribution in [0, 0.1) is 25.5 Å². The molecule has 0 aliphatic carbocycles. The summed E-state index contributed by atoms with van der Waals surface area (Å²) in [5, 5.41) is 4.31. The summed E-state index contributed by atoms with van der Waals surface area (Å²) in [7, 11) is 0. The van der Waals surface area contributed by atoms with E-state index in [1.54, 1.807) is 42.9 Å². The molecule has 2 aliphatic heterocycles. The van der Waals surface area contributed by atoms with Gasteiger partial charge < -0.3 is 0 Å². The molecule has 0 saturated heterocycles. The zero-order chi connectivity index (χ0) is 25.6. The predicted octanol–water partition coefficient (Wildman–Crippen LogP) is 7.07. The van der Waals surface area contributed by atoms with Crippen molar-refractivity contribution in [2.24, 2.45) is 0 Å². The lowest BCUT2D eigenvalue weighted by Gasteiger charge is -2.16. The predicted molar refractivity (Wildman–Crippen MR) is 125 cm³/mol. The van der Waals surface area contributed by atoms with Gasteiger partial charge in [-0.3, -0.25) is 4.68 Å². The number of halogens is 5. The van der Waals surface area contributed by atoms with Crippen molar-refractivity contribution < 1.29 is 22.0 Å². The lowest BCUT2D eigenvalue weighted by Crippen LogP contribution is -2.08. The molecule has 36 heavy (non-hydrogen) atoms. The molecule has 9 heteroatoms. The molecule has 0 bridgehead atoms. The molecule has 0 N–H and O–H groups in total. The number of benzene rings is 3. The lowest BCUT2D eigenvalue weighted by atomic mass is 9.93. The number of aromatic nitrogens is 4. The van der Waals surface area contributed by atoms with E-state index < -0.39 is 23.4 Å². The fourth-order valence-electron chi connectivity index (χ4n) is 4.19. The summed E-state index contributed by atoms with van der Waals surface area (Å²) in [6.45, 7) is 3.72. The number of rotatable bonds is 4. The molecule has 0 spiro atoms. The summed E-state index contributed by atoms with van der Waals surface area (Å²) in [6, 6.07) is 13.4. The van der Waals surface area contributed by atoms with Crippen molar-refractivity contribution >= 4 is 0 Å². The highest BCUT2D eigenvalue weighted by molar-refractivity contribution is 5.72. The highest BCUT2D eigenvalue weighted by Gasteiger charge is 2.34. The largest absolute Gasteiger partial charge is 0.417 e. The van der Waals surface area contributed by atoms with Gasteiger partial charge in [-0.1, -0.05) is 42.0 Å². The highest BCUT2D eigenvalue weighted by Crippen LogP contribution is 2.39. The van der Waals surface area contributed by atoms with Crippen LogP contribution in [0.5, 0.6) is 0 Å². The zero-order valence-corrected chi connectivity index (χ0v) is 19.2. The van der Waals surface area contributed by atoms with E-state index in [1.807, 2.05) is 6.07 Å². The number of hydrogen-bond donors (Lipinski definition) is 0. The lowest BCUT2D eigenvalue weighted by molar-refractivity contribution is -0.137.